The normalized spacial score (nSPS) is 48.6. The number of hydrogen-bond acceptors (Lipinski definition) is 10. The lowest BCUT2D eigenvalue weighted by Gasteiger charge is -2.62. The molecule has 0 aromatic heterocycles. The number of carbonyl (C=O) groups excluding carboxylic acids is 3. The standard InChI is InChI=1S/C23H39NO5.C21H34O6/c1-14-8-10-23-11-9-16(25)18(23)22(14,4)17(26)12-21(3,20(27)24(5)6)19(15(23)2)29-13-28-7;1-12-6-8-21-9-7-14(22)16(21)20(12,4)15(23)10-19(3,18(24)25)17(13(21)2)27-11-26-5/h14-15,17-19,26H,8-13H2,1-7H3;12-13,15-17,23H,6-11H2,1-5H3,(H,24,25)/t14-,15+,17-,18?,19+,21-,22+,23?;12-,13+,15-,16?,17+,19-,20+,21?/m11/s1. The Morgan fingerprint density at radius 2 is 1.05 bits per heavy atom. The molecule has 6 aliphatic carbocycles. The van der Waals surface area contributed by atoms with E-state index in [1.54, 1.807) is 33.0 Å². The topological polar surface area (TPSA) is 169 Å². The van der Waals surface area contributed by atoms with Crippen molar-refractivity contribution >= 4 is 23.4 Å². The van der Waals surface area contributed by atoms with E-state index >= 15 is 0 Å². The summed E-state index contributed by atoms with van der Waals surface area (Å²) < 4.78 is 22.5. The minimum atomic E-state index is -1.25. The van der Waals surface area contributed by atoms with E-state index in [1.807, 2.05) is 20.8 Å². The van der Waals surface area contributed by atoms with Crippen molar-refractivity contribution in [3.8, 4) is 0 Å². The van der Waals surface area contributed by atoms with Gasteiger partial charge in [0.05, 0.1) is 35.2 Å². The summed E-state index contributed by atoms with van der Waals surface area (Å²) in [6.45, 7) is 16.2. The van der Waals surface area contributed by atoms with Gasteiger partial charge in [0.2, 0.25) is 5.91 Å². The van der Waals surface area contributed by atoms with Crippen LogP contribution in [0.5, 0.6) is 0 Å². The SMILES string of the molecule is COCO[C@H]1[C@H](C)C23CCC(=O)C2[C@@](C)([C@H](C)CC3)[C@H](O)C[C@@]1(C)C(=O)N(C)C.COCO[C@H]1[C@H](C)C23CCC(=O)C2[C@@](C)([C@H](C)CC3)[C@H](O)C[C@@]1(C)C(=O)O. The fraction of sp³-hybridized carbons (Fsp3) is 0.909. The van der Waals surface area contributed by atoms with E-state index in [-0.39, 0.29) is 90.2 Å². The molecule has 0 radical (unpaired) electrons. The van der Waals surface area contributed by atoms with E-state index in [1.165, 1.54) is 7.11 Å². The predicted molar refractivity (Wildman–Crippen MR) is 209 cm³/mol. The van der Waals surface area contributed by atoms with Gasteiger partial charge >= 0.3 is 5.97 Å². The van der Waals surface area contributed by atoms with Gasteiger partial charge in [-0.3, -0.25) is 19.2 Å². The van der Waals surface area contributed by atoms with Gasteiger partial charge in [-0.15, -0.1) is 0 Å². The van der Waals surface area contributed by atoms with Crippen LogP contribution < -0.4 is 0 Å². The number of carboxylic acid groups (broad SMARTS) is 1. The zero-order valence-electron chi connectivity index (χ0n) is 36.3. The lowest BCUT2D eigenvalue weighted by Crippen LogP contribution is -2.65. The van der Waals surface area contributed by atoms with Crippen molar-refractivity contribution in [2.75, 3.05) is 41.9 Å². The third kappa shape index (κ3) is 6.53. The van der Waals surface area contributed by atoms with Gasteiger partial charge in [-0.1, -0.05) is 41.5 Å². The number of aliphatic hydroxyl groups is 2. The van der Waals surface area contributed by atoms with E-state index in [2.05, 4.69) is 27.7 Å². The molecular weight excluding hydrogens is 718 g/mol. The van der Waals surface area contributed by atoms with E-state index < -0.39 is 52.0 Å². The van der Waals surface area contributed by atoms with Gasteiger partial charge in [0.25, 0.3) is 0 Å². The first-order chi connectivity index (χ1) is 26.0. The van der Waals surface area contributed by atoms with Crippen molar-refractivity contribution in [2.45, 2.75) is 144 Å². The maximum Gasteiger partial charge on any atom is 0.312 e. The minimum absolute atomic E-state index is 0.00215. The maximum atomic E-state index is 13.4. The van der Waals surface area contributed by atoms with Crippen LogP contribution in [0.25, 0.3) is 0 Å². The highest BCUT2D eigenvalue weighted by Gasteiger charge is 2.70. The average molecular weight is 792 g/mol. The summed E-state index contributed by atoms with van der Waals surface area (Å²) in [6, 6.07) is 0. The Bertz CT molecular complexity index is 1500. The first kappa shape index (κ1) is 45.1. The zero-order valence-corrected chi connectivity index (χ0v) is 36.3. The zero-order chi connectivity index (χ0) is 42.0. The van der Waals surface area contributed by atoms with Gasteiger partial charge < -0.3 is 39.2 Å². The average Bonchev–Trinajstić information content (AvgIpc) is 3.68. The number of methoxy groups -OCH3 is 2. The predicted octanol–water partition coefficient (Wildman–Crippen LogP) is 5.74. The molecule has 6 rings (SSSR count). The van der Waals surface area contributed by atoms with Gasteiger partial charge in [0.1, 0.15) is 25.2 Å². The fourth-order valence-corrected chi connectivity index (χ4v) is 14.1. The Hall–Kier alpha value is -1.96. The van der Waals surface area contributed by atoms with E-state index in [9.17, 15) is 34.5 Å². The van der Waals surface area contributed by atoms with Crippen LogP contribution in [0.15, 0.2) is 0 Å². The van der Waals surface area contributed by atoms with Gasteiger partial charge in [0, 0.05) is 63.8 Å². The Labute approximate surface area is 335 Å². The van der Waals surface area contributed by atoms with Crippen molar-refractivity contribution in [3.63, 3.8) is 0 Å². The number of carbonyl (C=O) groups is 4. The van der Waals surface area contributed by atoms with Crippen molar-refractivity contribution in [1.29, 1.82) is 0 Å². The molecule has 12 nitrogen and oxygen atoms in total. The van der Waals surface area contributed by atoms with Gasteiger partial charge in [0.15, 0.2) is 0 Å². The third-order valence-electron chi connectivity index (χ3n) is 17.7. The van der Waals surface area contributed by atoms with Crippen LogP contribution in [0, 0.1) is 68.0 Å². The Morgan fingerprint density at radius 3 is 1.41 bits per heavy atom. The summed E-state index contributed by atoms with van der Waals surface area (Å²) in [6.07, 6.45) is 4.01. The van der Waals surface area contributed by atoms with Crippen LogP contribution in [0.3, 0.4) is 0 Å². The second-order valence-corrected chi connectivity index (χ2v) is 20.2. The van der Waals surface area contributed by atoms with E-state index in [4.69, 9.17) is 18.9 Å². The molecule has 16 atom stereocenters. The summed E-state index contributed by atoms with van der Waals surface area (Å²) in [7, 11) is 6.59. The number of hydrogen-bond donors (Lipinski definition) is 3. The molecule has 0 aliphatic heterocycles. The summed E-state index contributed by atoms with van der Waals surface area (Å²) in [5.41, 5.74) is -3.86. The number of Topliss-reactive ketones (excluding diaryl/α,β-unsaturated/α-hetero) is 2. The molecule has 4 bridgehead atoms. The van der Waals surface area contributed by atoms with Crippen LogP contribution in [0.2, 0.25) is 0 Å². The molecule has 6 fully saturated rings. The molecule has 0 spiro atoms. The summed E-state index contributed by atoms with van der Waals surface area (Å²) in [5, 5.41) is 33.1. The summed E-state index contributed by atoms with van der Waals surface area (Å²) in [4.78, 5) is 53.6. The summed E-state index contributed by atoms with van der Waals surface area (Å²) in [5.74, 6) is -0.679. The number of rotatable bonds is 8. The van der Waals surface area contributed by atoms with Gasteiger partial charge in [-0.05, 0) is 99.7 Å². The Balaban J connectivity index is 0.000000215. The fourth-order valence-electron chi connectivity index (χ4n) is 14.1. The lowest BCUT2D eigenvalue weighted by atomic mass is 9.43. The Morgan fingerprint density at radius 1 is 0.679 bits per heavy atom. The number of carboxylic acids is 1. The smallest absolute Gasteiger partial charge is 0.312 e. The molecule has 0 heterocycles. The third-order valence-corrected chi connectivity index (χ3v) is 17.7. The number of nitrogens with zero attached hydrogens (tertiary/aromatic N) is 1. The molecule has 12 heteroatoms. The molecule has 6 saturated carbocycles. The van der Waals surface area contributed by atoms with Gasteiger partial charge in [-0.2, -0.15) is 0 Å². The van der Waals surface area contributed by atoms with Crippen LogP contribution in [0.1, 0.15) is 120 Å². The van der Waals surface area contributed by atoms with Crippen molar-refractivity contribution in [3.05, 3.63) is 0 Å². The molecule has 4 unspecified atom stereocenters. The maximum absolute atomic E-state index is 13.4. The second-order valence-electron chi connectivity index (χ2n) is 20.2. The first-order valence-electron chi connectivity index (χ1n) is 21.1. The van der Waals surface area contributed by atoms with Crippen molar-refractivity contribution in [2.24, 2.45) is 68.0 Å². The van der Waals surface area contributed by atoms with Crippen molar-refractivity contribution in [1.82, 2.24) is 4.90 Å². The van der Waals surface area contributed by atoms with Crippen molar-refractivity contribution < 1.29 is 53.4 Å². The Kier molecular flexibility index (Phi) is 12.8. The highest BCUT2D eigenvalue weighted by atomic mass is 16.7. The second kappa shape index (κ2) is 15.9. The minimum Gasteiger partial charge on any atom is -0.481 e. The highest BCUT2D eigenvalue weighted by molar-refractivity contribution is 5.87. The number of aliphatic hydroxyl groups excluding tert-OH is 2. The largest absolute Gasteiger partial charge is 0.481 e. The summed E-state index contributed by atoms with van der Waals surface area (Å²) >= 11 is 0. The molecule has 320 valence electrons. The monoisotopic (exact) mass is 792 g/mol. The number of ketones is 2. The molecule has 56 heavy (non-hydrogen) atoms. The molecule has 0 saturated heterocycles. The van der Waals surface area contributed by atoms with Crippen LogP contribution >= 0.6 is 0 Å². The van der Waals surface area contributed by atoms with Crippen LogP contribution in [-0.2, 0) is 38.1 Å². The molecular formula is C44H73NO11. The van der Waals surface area contributed by atoms with Crippen LogP contribution in [0.4, 0.5) is 0 Å². The molecule has 3 N–H and O–H groups in total. The molecule has 6 aliphatic rings. The number of amides is 1. The molecule has 0 aromatic rings. The number of aliphatic carboxylic acids is 1. The lowest BCUT2D eigenvalue weighted by molar-refractivity contribution is -0.227. The van der Waals surface area contributed by atoms with Crippen LogP contribution in [-0.4, -0.2) is 110 Å². The first-order valence-corrected chi connectivity index (χ1v) is 21.1. The van der Waals surface area contributed by atoms with E-state index in [0.29, 0.717) is 12.8 Å². The highest BCUT2D eigenvalue weighted by Crippen LogP contribution is 2.69. The number of ether oxygens (including phenoxy) is 4. The van der Waals surface area contributed by atoms with Gasteiger partial charge in [-0.25, -0.2) is 0 Å². The molecule has 1 amide bonds. The molecule has 0 aromatic carbocycles. The quantitative estimate of drug-likeness (QED) is 0.257. The van der Waals surface area contributed by atoms with E-state index in [0.717, 1.165) is 38.5 Å².